The largest absolute Gasteiger partial charge is 0.311 e. The summed E-state index contributed by atoms with van der Waals surface area (Å²) >= 11 is 7.84. The van der Waals surface area contributed by atoms with E-state index in [-0.39, 0.29) is 17.6 Å². The molecular weight excluding hydrogens is 343 g/mol. The van der Waals surface area contributed by atoms with Gasteiger partial charge in [-0.2, -0.15) is 0 Å². The Morgan fingerprint density at radius 1 is 1.56 bits per heavy atom. The van der Waals surface area contributed by atoms with E-state index in [9.17, 15) is 9.18 Å². The molecule has 1 saturated heterocycles. The lowest BCUT2D eigenvalue weighted by Gasteiger charge is -2.18. The Morgan fingerprint density at radius 3 is 2.94 bits per heavy atom. The van der Waals surface area contributed by atoms with Crippen LogP contribution in [0.15, 0.2) is 18.2 Å². The fraction of sp³-hybridized carbons (Fsp3) is 0.364. The molecule has 0 bridgehead atoms. The van der Waals surface area contributed by atoms with Crippen molar-refractivity contribution in [1.29, 1.82) is 0 Å². The molecule has 0 aromatic heterocycles. The van der Waals surface area contributed by atoms with Crippen LogP contribution in [-0.4, -0.2) is 18.3 Å². The SMILES string of the molecule is O=C1CC(CCl)CN1c1cc(F)ccc1I. The van der Waals surface area contributed by atoms with Crippen molar-refractivity contribution in [2.45, 2.75) is 6.42 Å². The molecule has 86 valence electrons. The van der Waals surface area contributed by atoms with Gasteiger partial charge in [-0.15, -0.1) is 11.6 Å². The summed E-state index contributed by atoms with van der Waals surface area (Å²) in [6.45, 7) is 0.585. The topological polar surface area (TPSA) is 20.3 Å². The molecule has 1 unspecified atom stereocenters. The molecule has 1 aliphatic heterocycles. The number of alkyl halides is 1. The van der Waals surface area contributed by atoms with Crippen molar-refractivity contribution in [1.82, 2.24) is 0 Å². The third-order valence-electron chi connectivity index (χ3n) is 2.62. The smallest absolute Gasteiger partial charge is 0.227 e. The minimum absolute atomic E-state index is 0.0224. The van der Waals surface area contributed by atoms with Crippen molar-refractivity contribution in [3.8, 4) is 0 Å². The highest BCUT2D eigenvalue weighted by Crippen LogP contribution is 2.30. The lowest BCUT2D eigenvalue weighted by Crippen LogP contribution is -2.25. The first-order valence-corrected chi connectivity index (χ1v) is 6.54. The lowest BCUT2D eigenvalue weighted by atomic mass is 10.1. The van der Waals surface area contributed by atoms with E-state index in [1.165, 1.54) is 12.1 Å². The summed E-state index contributed by atoms with van der Waals surface area (Å²) in [6.07, 6.45) is 0.454. The maximum absolute atomic E-state index is 13.1. The summed E-state index contributed by atoms with van der Waals surface area (Å²) in [6, 6.07) is 4.47. The molecule has 0 radical (unpaired) electrons. The second kappa shape index (κ2) is 4.87. The molecular formula is C11H10ClFINO. The molecule has 5 heteroatoms. The fourth-order valence-electron chi connectivity index (χ4n) is 1.81. The van der Waals surface area contributed by atoms with Gasteiger partial charge in [-0.1, -0.05) is 0 Å². The van der Waals surface area contributed by atoms with Crippen molar-refractivity contribution >= 4 is 45.8 Å². The minimum Gasteiger partial charge on any atom is -0.311 e. The van der Waals surface area contributed by atoms with E-state index < -0.39 is 0 Å². The predicted molar refractivity (Wildman–Crippen MR) is 70.3 cm³/mol. The molecule has 1 atom stereocenters. The molecule has 0 N–H and O–H groups in total. The number of carbonyl (C=O) groups is 1. The molecule has 0 aliphatic carbocycles. The van der Waals surface area contributed by atoms with Gasteiger partial charge in [0.1, 0.15) is 5.82 Å². The summed E-state index contributed by atoms with van der Waals surface area (Å²) in [4.78, 5) is 13.4. The van der Waals surface area contributed by atoms with Crippen LogP contribution in [0.4, 0.5) is 10.1 Å². The average molecular weight is 354 g/mol. The first-order chi connectivity index (χ1) is 7.61. The van der Waals surface area contributed by atoms with Crippen LogP contribution < -0.4 is 4.90 Å². The van der Waals surface area contributed by atoms with E-state index in [4.69, 9.17) is 11.6 Å². The van der Waals surface area contributed by atoms with Gasteiger partial charge < -0.3 is 4.90 Å². The number of amides is 1. The number of nitrogens with zero attached hydrogens (tertiary/aromatic N) is 1. The molecule has 1 heterocycles. The molecule has 1 aliphatic rings. The third kappa shape index (κ3) is 2.32. The Bertz CT molecular complexity index is 426. The normalized spacial score (nSPS) is 20.6. The number of hydrogen-bond donors (Lipinski definition) is 0. The second-order valence-corrected chi connectivity index (χ2v) is 5.30. The maximum atomic E-state index is 13.1. The van der Waals surface area contributed by atoms with E-state index in [1.807, 2.05) is 0 Å². The van der Waals surface area contributed by atoms with Crippen LogP contribution in [0.1, 0.15) is 6.42 Å². The Kier molecular flexibility index (Phi) is 3.69. The van der Waals surface area contributed by atoms with E-state index in [1.54, 1.807) is 11.0 Å². The highest BCUT2D eigenvalue weighted by molar-refractivity contribution is 14.1. The van der Waals surface area contributed by atoms with Crippen LogP contribution in [0.3, 0.4) is 0 Å². The van der Waals surface area contributed by atoms with E-state index in [0.29, 0.717) is 24.5 Å². The highest BCUT2D eigenvalue weighted by atomic mass is 127. The van der Waals surface area contributed by atoms with Gasteiger partial charge >= 0.3 is 0 Å². The fourth-order valence-corrected chi connectivity index (χ4v) is 2.64. The van der Waals surface area contributed by atoms with Crippen molar-refractivity contribution in [2.75, 3.05) is 17.3 Å². The number of anilines is 1. The van der Waals surface area contributed by atoms with Gasteiger partial charge in [0, 0.05) is 22.4 Å². The Labute approximate surface area is 112 Å². The van der Waals surface area contributed by atoms with Crippen LogP contribution in [0, 0.1) is 15.3 Å². The van der Waals surface area contributed by atoms with Gasteiger partial charge in [0.05, 0.1) is 5.69 Å². The van der Waals surface area contributed by atoms with Crippen LogP contribution in [-0.2, 0) is 4.79 Å². The molecule has 2 nitrogen and oxygen atoms in total. The Morgan fingerprint density at radius 2 is 2.31 bits per heavy atom. The van der Waals surface area contributed by atoms with Gasteiger partial charge in [-0.3, -0.25) is 4.79 Å². The van der Waals surface area contributed by atoms with Crippen LogP contribution in [0.2, 0.25) is 0 Å². The number of halogens is 3. The van der Waals surface area contributed by atoms with Crippen LogP contribution >= 0.6 is 34.2 Å². The molecule has 16 heavy (non-hydrogen) atoms. The summed E-state index contributed by atoms with van der Waals surface area (Å²) in [5.41, 5.74) is 0.651. The zero-order chi connectivity index (χ0) is 11.7. The summed E-state index contributed by atoms with van der Waals surface area (Å²) in [5.74, 6) is 0.341. The Hall–Kier alpha value is -0.360. The maximum Gasteiger partial charge on any atom is 0.227 e. The standard InChI is InChI=1S/C11H10ClFINO/c12-5-7-3-11(16)15(6-7)10-4-8(13)1-2-9(10)14/h1-2,4,7H,3,5-6H2. The third-order valence-corrected chi connectivity index (χ3v) is 3.97. The summed E-state index contributed by atoms with van der Waals surface area (Å²) in [7, 11) is 0. The first-order valence-electron chi connectivity index (χ1n) is 4.93. The number of carbonyl (C=O) groups excluding carboxylic acids is 1. The number of rotatable bonds is 2. The van der Waals surface area contributed by atoms with Gasteiger partial charge in [0.25, 0.3) is 0 Å². The molecule has 2 rings (SSSR count). The predicted octanol–water partition coefficient (Wildman–Crippen LogP) is 3.02. The van der Waals surface area contributed by atoms with Gasteiger partial charge in [0.15, 0.2) is 0 Å². The van der Waals surface area contributed by atoms with Gasteiger partial charge in [-0.25, -0.2) is 4.39 Å². The van der Waals surface area contributed by atoms with E-state index in [0.717, 1.165) is 3.57 Å². The minimum atomic E-state index is -0.322. The lowest BCUT2D eigenvalue weighted by molar-refractivity contribution is -0.117. The molecule has 0 saturated carbocycles. The monoisotopic (exact) mass is 353 g/mol. The van der Waals surface area contributed by atoms with Gasteiger partial charge in [0.2, 0.25) is 5.91 Å². The van der Waals surface area contributed by atoms with E-state index >= 15 is 0 Å². The average Bonchev–Trinajstić information content (AvgIpc) is 2.63. The van der Waals surface area contributed by atoms with Crippen molar-refractivity contribution in [3.63, 3.8) is 0 Å². The Balaban J connectivity index is 2.30. The van der Waals surface area contributed by atoms with E-state index in [2.05, 4.69) is 22.6 Å². The summed E-state index contributed by atoms with van der Waals surface area (Å²) < 4.78 is 14.0. The van der Waals surface area contributed by atoms with Crippen LogP contribution in [0.25, 0.3) is 0 Å². The zero-order valence-electron chi connectivity index (χ0n) is 8.42. The zero-order valence-corrected chi connectivity index (χ0v) is 11.3. The van der Waals surface area contributed by atoms with Crippen molar-refractivity contribution in [2.24, 2.45) is 5.92 Å². The van der Waals surface area contributed by atoms with Crippen molar-refractivity contribution in [3.05, 3.63) is 27.6 Å². The molecule has 1 aromatic rings. The number of benzene rings is 1. The second-order valence-electron chi connectivity index (χ2n) is 3.82. The van der Waals surface area contributed by atoms with Gasteiger partial charge in [-0.05, 0) is 46.7 Å². The highest BCUT2D eigenvalue weighted by Gasteiger charge is 2.31. The quantitative estimate of drug-likeness (QED) is 0.591. The molecule has 1 amide bonds. The summed E-state index contributed by atoms with van der Waals surface area (Å²) in [5, 5.41) is 0. The van der Waals surface area contributed by atoms with Crippen molar-refractivity contribution < 1.29 is 9.18 Å². The molecule has 1 aromatic carbocycles. The van der Waals surface area contributed by atoms with Crippen LogP contribution in [0.5, 0.6) is 0 Å². The first kappa shape index (κ1) is 12.1. The number of hydrogen-bond acceptors (Lipinski definition) is 1. The molecule has 0 spiro atoms. The molecule has 1 fully saturated rings.